The van der Waals surface area contributed by atoms with E-state index in [2.05, 4.69) is 74.6 Å². The molecular weight excluding hydrogens is 715 g/mol. The molecule has 0 aromatic heterocycles. The highest BCUT2D eigenvalue weighted by molar-refractivity contribution is 7.47. The standard InChI is InChI=1S/C41H71O12P/c1-3-5-7-9-11-13-14-15-16-17-18-19-20-21-22-23-24-26-28-30-35(42)52-34(32-50-31-29-27-25-12-10-8-6-4-2)33-51-54(48,49)53-41-39(46)37(44)36(43)38(45)40(41)47/h5,7,11,13,15-16,18-19,21-22,34,36-41,43-47H,3-4,6,8-10,12,14,17,20,23-33H2,1-2H3,(H,48,49)/b7-5-,13-11-,16-15-,19-18-,22-21-. The summed E-state index contributed by atoms with van der Waals surface area (Å²) >= 11 is 0. The van der Waals surface area contributed by atoms with Crippen molar-refractivity contribution in [3.63, 3.8) is 0 Å². The SMILES string of the molecule is CC/C=C\C/C=C\C/C=C\C/C=C\C/C=C\CCCCCC(=O)OC(COCCCCCCCCCC)COP(=O)(O)OC1C(O)C(O)C(O)C(O)C1O. The molecule has 0 heterocycles. The quantitative estimate of drug-likeness (QED) is 0.0176. The summed E-state index contributed by atoms with van der Waals surface area (Å²) < 4.78 is 33.9. The lowest BCUT2D eigenvalue weighted by Gasteiger charge is -2.41. The second kappa shape index (κ2) is 32.2. The minimum atomic E-state index is -5.02. The van der Waals surface area contributed by atoms with E-state index in [1.807, 2.05) is 0 Å². The van der Waals surface area contributed by atoms with Crippen LogP contribution in [0.4, 0.5) is 0 Å². The van der Waals surface area contributed by atoms with Crippen LogP contribution >= 0.6 is 7.82 Å². The van der Waals surface area contributed by atoms with Crippen LogP contribution < -0.4 is 0 Å². The number of hydrogen-bond acceptors (Lipinski definition) is 11. The van der Waals surface area contributed by atoms with Crippen molar-refractivity contribution in [1.82, 2.24) is 0 Å². The van der Waals surface area contributed by atoms with Gasteiger partial charge in [-0.2, -0.15) is 0 Å². The number of carbonyl (C=O) groups is 1. The Labute approximate surface area is 324 Å². The Morgan fingerprint density at radius 2 is 1.09 bits per heavy atom. The third kappa shape index (κ3) is 24.5. The van der Waals surface area contributed by atoms with Crippen LogP contribution in [-0.2, 0) is 27.9 Å². The molecule has 6 unspecified atom stereocenters. The van der Waals surface area contributed by atoms with Crippen molar-refractivity contribution in [3.05, 3.63) is 60.8 Å². The molecule has 0 aliphatic heterocycles. The zero-order valence-corrected chi connectivity index (χ0v) is 33.6. The summed E-state index contributed by atoms with van der Waals surface area (Å²) in [6, 6.07) is 0. The second-order valence-electron chi connectivity index (χ2n) is 13.8. The molecule has 1 aliphatic carbocycles. The summed E-state index contributed by atoms with van der Waals surface area (Å²) in [5, 5.41) is 49.9. The molecule has 1 saturated carbocycles. The number of carbonyl (C=O) groups excluding carboxylic acids is 1. The summed E-state index contributed by atoms with van der Waals surface area (Å²) in [4.78, 5) is 23.0. The molecular formula is C41H71O12P. The van der Waals surface area contributed by atoms with Crippen LogP contribution in [-0.4, -0.2) is 98.9 Å². The second-order valence-corrected chi connectivity index (χ2v) is 15.2. The average Bonchev–Trinajstić information content (AvgIpc) is 3.15. The molecule has 0 amide bonds. The first kappa shape index (κ1) is 50.1. The van der Waals surface area contributed by atoms with E-state index >= 15 is 0 Å². The zero-order chi connectivity index (χ0) is 39.9. The number of rotatable bonds is 32. The maximum atomic E-state index is 12.7. The van der Waals surface area contributed by atoms with Gasteiger partial charge in [-0.1, -0.05) is 126 Å². The van der Waals surface area contributed by atoms with E-state index in [0.29, 0.717) is 13.0 Å². The normalized spacial score (nSPS) is 24.1. The summed E-state index contributed by atoms with van der Waals surface area (Å²) in [5.74, 6) is -0.513. The molecule has 1 rings (SSSR count). The number of unbranched alkanes of at least 4 members (excludes halogenated alkanes) is 10. The highest BCUT2D eigenvalue weighted by Gasteiger charge is 2.51. The zero-order valence-electron chi connectivity index (χ0n) is 32.7. The van der Waals surface area contributed by atoms with E-state index in [1.165, 1.54) is 32.1 Å². The largest absolute Gasteiger partial charge is 0.472 e. The third-order valence-corrected chi connectivity index (χ3v) is 9.89. The maximum Gasteiger partial charge on any atom is 0.472 e. The van der Waals surface area contributed by atoms with E-state index in [4.69, 9.17) is 18.5 Å². The van der Waals surface area contributed by atoms with Crippen LogP contribution in [0.5, 0.6) is 0 Å². The molecule has 0 bridgehead atoms. The predicted molar refractivity (Wildman–Crippen MR) is 212 cm³/mol. The topological polar surface area (TPSA) is 192 Å². The van der Waals surface area contributed by atoms with Gasteiger partial charge in [0.15, 0.2) is 0 Å². The van der Waals surface area contributed by atoms with Crippen molar-refractivity contribution in [3.8, 4) is 0 Å². The van der Waals surface area contributed by atoms with Gasteiger partial charge in [0.1, 0.15) is 42.7 Å². The minimum absolute atomic E-state index is 0.0926. The first-order chi connectivity index (χ1) is 26.0. The Kier molecular flexibility index (Phi) is 29.8. The van der Waals surface area contributed by atoms with Crippen molar-refractivity contribution in [2.45, 2.75) is 172 Å². The van der Waals surface area contributed by atoms with Crippen molar-refractivity contribution in [2.75, 3.05) is 19.8 Å². The summed E-state index contributed by atoms with van der Waals surface area (Å²) in [6.07, 6.45) is 26.0. The molecule has 1 fully saturated rings. The van der Waals surface area contributed by atoms with Crippen LogP contribution in [0.2, 0.25) is 0 Å². The molecule has 1 aliphatic rings. The van der Waals surface area contributed by atoms with Gasteiger partial charge in [-0.25, -0.2) is 4.57 Å². The fourth-order valence-electron chi connectivity index (χ4n) is 5.67. The number of hydrogen-bond donors (Lipinski definition) is 6. The Morgan fingerprint density at radius 3 is 1.65 bits per heavy atom. The number of ether oxygens (including phenoxy) is 2. The molecule has 6 N–H and O–H groups in total. The van der Waals surface area contributed by atoms with Gasteiger partial charge in [-0.3, -0.25) is 13.8 Å². The highest BCUT2D eigenvalue weighted by atomic mass is 31.2. The fraction of sp³-hybridized carbons (Fsp3) is 0.732. The molecule has 6 atom stereocenters. The van der Waals surface area contributed by atoms with E-state index < -0.39 is 63.1 Å². The van der Waals surface area contributed by atoms with E-state index in [9.17, 15) is 39.8 Å². The maximum absolute atomic E-state index is 12.7. The van der Waals surface area contributed by atoms with Gasteiger partial charge in [-0.15, -0.1) is 0 Å². The van der Waals surface area contributed by atoms with Crippen molar-refractivity contribution >= 4 is 13.8 Å². The number of esters is 1. The molecule has 0 aromatic rings. The van der Waals surface area contributed by atoms with Gasteiger partial charge in [-0.05, 0) is 57.8 Å². The van der Waals surface area contributed by atoms with Crippen LogP contribution in [0, 0.1) is 0 Å². The Balaban J connectivity index is 2.45. The molecule has 0 spiro atoms. The Morgan fingerprint density at radius 1 is 0.611 bits per heavy atom. The third-order valence-electron chi connectivity index (χ3n) is 8.90. The average molecular weight is 787 g/mol. The van der Waals surface area contributed by atoms with Crippen molar-refractivity contribution in [2.24, 2.45) is 0 Å². The Bertz CT molecular complexity index is 1120. The molecule has 12 nitrogen and oxygen atoms in total. The predicted octanol–water partition coefficient (Wildman–Crippen LogP) is 7.08. The van der Waals surface area contributed by atoms with Gasteiger partial charge >= 0.3 is 13.8 Å². The number of phosphoric ester groups is 1. The lowest BCUT2D eigenvalue weighted by molar-refractivity contribution is -0.220. The van der Waals surface area contributed by atoms with Gasteiger partial charge in [0.05, 0.1) is 13.2 Å². The fourth-order valence-corrected chi connectivity index (χ4v) is 6.65. The lowest BCUT2D eigenvalue weighted by Crippen LogP contribution is -2.64. The lowest BCUT2D eigenvalue weighted by atomic mass is 9.85. The van der Waals surface area contributed by atoms with E-state index in [1.54, 1.807) is 0 Å². The highest BCUT2D eigenvalue weighted by Crippen LogP contribution is 2.47. The van der Waals surface area contributed by atoms with E-state index in [0.717, 1.165) is 70.6 Å². The smallest absolute Gasteiger partial charge is 0.457 e. The van der Waals surface area contributed by atoms with Crippen LogP contribution in [0.3, 0.4) is 0 Å². The molecule has 13 heteroatoms. The van der Waals surface area contributed by atoms with Gasteiger partial charge in [0.25, 0.3) is 0 Å². The molecule has 0 aromatic carbocycles. The minimum Gasteiger partial charge on any atom is -0.457 e. The monoisotopic (exact) mass is 786 g/mol. The summed E-state index contributed by atoms with van der Waals surface area (Å²) in [6.45, 7) is 4.04. The molecule has 54 heavy (non-hydrogen) atoms. The first-order valence-corrected chi connectivity index (χ1v) is 21.6. The van der Waals surface area contributed by atoms with Crippen LogP contribution in [0.1, 0.15) is 129 Å². The summed E-state index contributed by atoms with van der Waals surface area (Å²) in [7, 11) is -5.02. The van der Waals surface area contributed by atoms with Crippen molar-refractivity contribution < 1.29 is 58.3 Å². The molecule has 312 valence electrons. The molecule has 0 saturated heterocycles. The molecule has 0 radical (unpaired) electrons. The van der Waals surface area contributed by atoms with Crippen LogP contribution in [0.25, 0.3) is 0 Å². The number of allylic oxidation sites excluding steroid dienone is 10. The number of aliphatic hydroxyl groups is 5. The van der Waals surface area contributed by atoms with E-state index in [-0.39, 0.29) is 13.0 Å². The van der Waals surface area contributed by atoms with Gasteiger partial charge in [0.2, 0.25) is 0 Å². The van der Waals surface area contributed by atoms with Gasteiger partial charge in [0, 0.05) is 13.0 Å². The van der Waals surface area contributed by atoms with Crippen molar-refractivity contribution in [1.29, 1.82) is 0 Å². The Hall–Kier alpha value is -1.96. The van der Waals surface area contributed by atoms with Gasteiger partial charge < -0.3 is 39.9 Å². The number of aliphatic hydroxyl groups excluding tert-OH is 5. The van der Waals surface area contributed by atoms with Crippen LogP contribution in [0.15, 0.2) is 60.8 Å². The number of phosphoric acid groups is 1. The summed E-state index contributed by atoms with van der Waals surface area (Å²) in [5.41, 5.74) is 0. The first-order valence-electron chi connectivity index (χ1n) is 20.1.